The summed E-state index contributed by atoms with van der Waals surface area (Å²) < 4.78 is 10.8. The Labute approximate surface area is 188 Å². The molecule has 32 heavy (non-hydrogen) atoms. The lowest BCUT2D eigenvalue weighted by Crippen LogP contribution is -2.17. The summed E-state index contributed by atoms with van der Waals surface area (Å²) in [6.07, 6.45) is -1.92. The minimum Gasteiger partial charge on any atom is -0.481 e. The fourth-order valence-electron chi connectivity index (χ4n) is 2.92. The molecule has 0 spiro atoms. The average Bonchev–Trinajstić information content (AvgIpc) is 3.08. The number of amides is 2. The molecule has 3 aromatic rings. The van der Waals surface area contributed by atoms with Crippen molar-refractivity contribution in [2.24, 2.45) is 0 Å². The van der Waals surface area contributed by atoms with Crippen LogP contribution in [0.5, 0.6) is 0 Å². The lowest BCUT2D eigenvalue weighted by atomic mass is 10.1. The highest BCUT2D eigenvalue weighted by molar-refractivity contribution is 6.31. The monoisotopic (exact) mass is 457 g/mol. The van der Waals surface area contributed by atoms with Crippen molar-refractivity contribution < 1.29 is 28.8 Å². The fraction of sp³-hybridized carbons (Fsp3) is 0.182. The average molecular weight is 458 g/mol. The van der Waals surface area contributed by atoms with Crippen molar-refractivity contribution >= 4 is 40.9 Å². The first-order valence-electron chi connectivity index (χ1n) is 9.55. The molecule has 1 heterocycles. The number of nitrogens with zero attached hydrogens (tertiary/aromatic N) is 1. The molecular formula is C22H20ClN3O6. The number of carboxylic acids is 1. The molecule has 0 saturated carbocycles. The number of hydrogen-bond donors (Lipinski definition) is 3. The van der Waals surface area contributed by atoms with Gasteiger partial charge in [0.15, 0.2) is 5.76 Å². The third kappa shape index (κ3) is 5.64. The highest BCUT2D eigenvalue weighted by atomic mass is 35.5. The van der Waals surface area contributed by atoms with E-state index < -0.39 is 30.5 Å². The summed E-state index contributed by atoms with van der Waals surface area (Å²) in [7, 11) is 0. The Hall–Kier alpha value is -3.85. The maximum atomic E-state index is 12.5. The van der Waals surface area contributed by atoms with Gasteiger partial charge in [0.25, 0.3) is 0 Å². The number of halogens is 1. The van der Waals surface area contributed by atoms with Gasteiger partial charge in [0.05, 0.1) is 0 Å². The second-order valence-electron chi connectivity index (χ2n) is 6.86. The number of aromatic nitrogens is 1. The third-order valence-electron chi connectivity index (χ3n) is 4.46. The molecule has 1 aromatic heterocycles. The van der Waals surface area contributed by atoms with Crippen molar-refractivity contribution in [3.63, 3.8) is 0 Å². The second kappa shape index (κ2) is 9.97. The van der Waals surface area contributed by atoms with E-state index in [1.807, 2.05) is 0 Å². The number of aliphatic carboxylic acids is 1. The lowest BCUT2D eigenvalue weighted by Gasteiger charge is -2.15. The number of benzene rings is 2. The van der Waals surface area contributed by atoms with E-state index in [4.69, 9.17) is 26.0 Å². The van der Waals surface area contributed by atoms with Crippen molar-refractivity contribution in [1.82, 2.24) is 5.16 Å². The molecular weight excluding hydrogens is 438 g/mol. The molecule has 10 heteroatoms. The van der Waals surface area contributed by atoms with Gasteiger partial charge in [-0.05, 0) is 44.2 Å². The normalized spacial score (nSPS) is 11.5. The van der Waals surface area contributed by atoms with Crippen LogP contribution in [0.2, 0.25) is 5.02 Å². The molecule has 3 N–H and O–H groups in total. The third-order valence-corrected chi connectivity index (χ3v) is 4.80. The summed E-state index contributed by atoms with van der Waals surface area (Å²) in [6.45, 7) is 3.38. The molecule has 166 valence electrons. The minimum atomic E-state index is -1.22. The van der Waals surface area contributed by atoms with Crippen LogP contribution in [0.25, 0.3) is 11.3 Å². The van der Waals surface area contributed by atoms with Gasteiger partial charge < -0.3 is 19.7 Å². The Morgan fingerprint density at radius 3 is 2.47 bits per heavy atom. The van der Waals surface area contributed by atoms with Crippen molar-refractivity contribution in [2.75, 3.05) is 10.6 Å². The van der Waals surface area contributed by atoms with Gasteiger partial charge in [-0.15, -0.1) is 0 Å². The smallest absolute Gasteiger partial charge is 0.412 e. The van der Waals surface area contributed by atoms with Gasteiger partial charge in [0.2, 0.25) is 5.91 Å². The Bertz CT molecular complexity index is 1140. The summed E-state index contributed by atoms with van der Waals surface area (Å²) >= 11 is 6.15. The maximum Gasteiger partial charge on any atom is 0.412 e. The van der Waals surface area contributed by atoms with E-state index in [0.717, 1.165) is 0 Å². The van der Waals surface area contributed by atoms with Crippen molar-refractivity contribution in [1.29, 1.82) is 0 Å². The molecule has 0 aliphatic rings. The molecule has 3 rings (SSSR count). The molecule has 0 saturated heterocycles. The van der Waals surface area contributed by atoms with E-state index in [-0.39, 0.29) is 0 Å². The summed E-state index contributed by atoms with van der Waals surface area (Å²) in [5.74, 6) is -1.56. The Morgan fingerprint density at radius 1 is 1.12 bits per heavy atom. The number of carboxylic acid groups (broad SMARTS) is 1. The van der Waals surface area contributed by atoms with Gasteiger partial charge in [0, 0.05) is 21.8 Å². The number of carbonyl (C=O) groups excluding carboxylic acids is 2. The first-order chi connectivity index (χ1) is 15.2. The summed E-state index contributed by atoms with van der Waals surface area (Å²) in [6, 6.07) is 13.5. The van der Waals surface area contributed by atoms with Crippen LogP contribution in [0.3, 0.4) is 0 Å². The van der Waals surface area contributed by atoms with E-state index in [9.17, 15) is 14.4 Å². The zero-order chi connectivity index (χ0) is 23.3. The molecule has 0 aliphatic heterocycles. The number of aryl methyl sites for hydroxylation is 1. The predicted molar refractivity (Wildman–Crippen MR) is 118 cm³/mol. The van der Waals surface area contributed by atoms with Gasteiger partial charge in [0.1, 0.15) is 23.9 Å². The minimum absolute atomic E-state index is 0.299. The summed E-state index contributed by atoms with van der Waals surface area (Å²) in [5, 5.41) is 18.2. The zero-order valence-corrected chi connectivity index (χ0v) is 18.0. The van der Waals surface area contributed by atoms with Gasteiger partial charge in [-0.25, -0.2) is 4.79 Å². The van der Waals surface area contributed by atoms with E-state index >= 15 is 0 Å². The number of nitrogens with one attached hydrogen (secondary N) is 2. The van der Waals surface area contributed by atoms with Crippen LogP contribution in [0.15, 0.2) is 53.1 Å². The standard InChI is InChI=1S/C22H20ClN3O6/c1-12-20(25-22(30)31-13(2)16-5-3-4-6-17(16)23)21(32-26-12)14-7-9-15(10-8-14)24-18(27)11-19(28)29/h3-10,13H,11H2,1-2H3,(H,24,27)(H,25,30)(H,28,29). The van der Waals surface area contributed by atoms with Crippen LogP contribution in [0.1, 0.15) is 30.7 Å². The lowest BCUT2D eigenvalue weighted by molar-refractivity contribution is -0.139. The number of carbonyl (C=O) groups is 3. The number of anilines is 2. The van der Waals surface area contributed by atoms with Crippen LogP contribution in [0.4, 0.5) is 16.2 Å². The topological polar surface area (TPSA) is 131 Å². The quantitative estimate of drug-likeness (QED) is 0.424. The van der Waals surface area contributed by atoms with Crippen molar-refractivity contribution in [3.05, 3.63) is 64.8 Å². The van der Waals surface area contributed by atoms with Crippen LogP contribution in [-0.4, -0.2) is 28.2 Å². The van der Waals surface area contributed by atoms with Crippen LogP contribution in [-0.2, 0) is 14.3 Å². The molecule has 0 aliphatic carbocycles. The summed E-state index contributed by atoms with van der Waals surface area (Å²) in [5.41, 5.74) is 2.45. The Kier molecular flexibility index (Phi) is 7.11. The Morgan fingerprint density at radius 2 is 1.81 bits per heavy atom. The molecule has 0 bridgehead atoms. The van der Waals surface area contributed by atoms with Crippen LogP contribution < -0.4 is 10.6 Å². The van der Waals surface area contributed by atoms with E-state index in [1.54, 1.807) is 62.4 Å². The van der Waals surface area contributed by atoms with Crippen LogP contribution >= 0.6 is 11.6 Å². The van der Waals surface area contributed by atoms with Gasteiger partial charge in [-0.1, -0.05) is 35.0 Å². The molecule has 1 atom stereocenters. The largest absolute Gasteiger partial charge is 0.481 e. The molecule has 2 amide bonds. The second-order valence-corrected chi connectivity index (χ2v) is 7.27. The maximum absolute atomic E-state index is 12.5. The van der Waals surface area contributed by atoms with Gasteiger partial charge in [-0.2, -0.15) is 0 Å². The van der Waals surface area contributed by atoms with Crippen molar-refractivity contribution in [2.45, 2.75) is 26.4 Å². The van der Waals surface area contributed by atoms with E-state index in [0.29, 0.717) is 39.0 Å². The number of ether oxygens (including phenoxy) is 1. The number of hydrogen-bond acceptors (Lipinski definition) is 6. The van der Waals surface area contributed by atoms with Gasteiger partial charge in [-0.3, -0.25) is 14.9 Å². The number of rotatable bonds is 7. The fourth-order valence-corrected chi connectivity index (χ4v) is 3.21. The predicted octanol–water partition coefficient (Wildman–Crippen LogP) is 5.03. The van der Waals surface area contributed by atoms with Crippen LogP contribution in [0, 0.1) is 6.92 Å². The molecule has 0 fully saturated rings. The first-order valence-corrected chi connectivity index (χ1v) is 9.92. The van der Waals surface area contributed by atoms with Gasteiger partial charge >= 0.3 is 12.1 Å². The SMILES string of the molecule is Cc1noc(-c2ccc(NC(=O)CC(=O)O)cc2)c1NC(=O)OC(C)c1ccccc1Cl. The van der Waals surface area contributed by atoms with E-state index in [2.05, 4.69) is 15.8 Å². The molecule has 9 nitrogen and oxygen atoms in total. The zero-order valence-electron chi connectivity index (χ0n) is 17.2. The highest BCUT2D eigenvalue weighted by Crippen LogP contribution is 2.32. The molecule has 0 radical (unpaired) electrons. The first kappa shape index (κ1) is 22.8. The molecule has 2 aromatic carbocycles. The Balaban J connectivity index is 1.71. The molecule has 1 unspecified atom stereocenters. The highest BCUT2D eigenvalue weighted by Gasteiger charge is 2.20. The van der Waals surface area contributed by atoms with E-state index in [1.165, 1.54) is 0 Å². The summed E-state index contributed by atoms with van der Waals surface area (Å²) in [4.78, 5) is 34.6. The van der Waals surface area contributed by atoms with Crippen molar-refractivity contribution in [3.8, 4) is 11.3 Å².